The summed E-state index contributed by atoms with van der Waals surface area (Å²) in [7, 11) is 1.24. The molecule has 0 saturated carbocycles. The molecule has 0 aromatic rings. The van der Waals surface area contributed by atoms with Gasteiger partial charge in [0, 0.05) is 18.1 Å². The Labute approximate surface area is 205 Å². The Morgan fingerprint density at radius 1 is 1.00 bits per heavy atom. The third-order valence-electron chi connectivity index (χ3n) is 5.11. The molecule has 0 radical (unpaired) electrons. The fourth-order valence-electron chi connectivity index (χ4n) is 3.30. The van der Waals surface area contributed by atoms with E-state index in [1.54, 1.807) is 6.92 Å². The van der Waals surface area contributed by atoms with Gasteiger partial charge in [0.2, 0.25) is 0 Å². The molecule has 6 N–H and O–H groups in total. The summed E-state index contributed by atoms with van der Waals surface area (Å²) in [6.07, 6.45) is -14.2. The number of aliphatic hydroxyl groups excluding tert-OH is 6. The SMILES string of the molecule is CCC(SC[C@@H]1O[C@@H](O[C@H]2[C@H](O)[C@H](O)[C@H](OC)O[C@H]2CO)[C@@H](O)[C@@H](O)[C@H]1O)C(=O)[O-].[Na+]. The summed E-state index contributed by atoms with van der Waals surface area (Å²) < 4.78 is 21.2. The van der Waals surface area contributed by atoms with E-state index in [1.165, 1.54) is 7.11 Å². The van der Waals surface area contributed by atoms with Crippen molar-refractivity contribution in [2.75, 3.05) is 19.5 Å². The van der Waals surface area contributed by atoms with Crippen molar-refractivity contribution in [3.05, 3.63) is 0 Å². The number of hydrogen-bond donors (Lipinski definition) is 6. The smallest absolute Gasteiger partial charge is 0.549 e. The van der Waals surface area contributed by atoms with Gasteiger partial charge in [0.1, 0.15) is 42.7 Å². The molecule has 2 aliphatic rings. The standard InChI is InChI=1S/C17H30O12S.Na/c1-3-8(15(24)25)30-5-7-9(19)10(20)12(22)17(28-7)29-14-6(4-18)27-16(26-2)13(23)11(14)21;/h6-14,16-23H,3-5H2,1-2H3,(H,24,25);/q;+1/p-1/t6-,7-,8?,9-,10-,11+,12-,13-,14+,16+,17-;/m0./s1. The van der Waals surface area contributed by atoms with Gasteiger partial charge in [-0.15, -0.1) is 11.8 Å². The second-order valence-electron chi connectivity index (χ2n) is 7.11. The molecule has 2 rings (SSSR count). The first-order chi connectivity index (χ1) is 14.2. The predicted octanol–water partition coefficient (Wildman–Crippen LogP) is -7.47. The molecule has 2 saturated heterocycles. The Hall–Kier alpha value is 0.420. The average molecular weight is 480 g/mol. The van der Waals surface area contributed by atoms with Gasteiger partial charge < -0.3 is 59.5 Å². The molecule has 0 aliphatic carbocycles. The van der Waals surface area contributed by atoms with Gasteiger partial charge in [-0.25, -0.2) is 0 Å². The summed E-state index contributed by atoms with van der Waals surface area (Å²) in [5, 5.41) is 70.7. The van der Waals surface area contributed by atoms with E-state index in [1.807, 2.05) is 0 Å². The summed E-state index contributed by atoms with van der Waals surface area (Å²) >= 11 is 0.935. The van der Waals surface area contributed by atoms with Gasteiger partial charge >= 0.3 is 29.6 Å². The molecule has 11 atom stereocenters. The number of methoxy groups -OCH3 is 1. The second-order valence-corrected chi connectivity index (χ2v) is 8.34. The summed E-state index contributed by atoms with van der Waals surface area (Å²) in [5.41, 5.74) is 0. The Balaban J connectivity index is 0.00000480. The molecular weight excluding hydrogens is 451 g/mol. The minimum Gasteiger partial charge on any atom is -0.549 e. The van der Waals surface area contributed by atoms with Crippen LogP contribution >= 0.6 is 11.8 Å². The maximum absolute atomic E-state index is 11.1. The number of carbonyl (C=O) groups is 1. The quantitative estimate of drug-likeness (QED) is 0.170. The maximum atomic E-state index is 11.1. The monoisotopic (exact) mass is 480 g/mol. The van der Waals surface area contributed by atoms with E-state index >= 15 is 0 Å². The van der Waals surface area contributed by atoms with E-state index in [9.17, 15) is 40.5 Å². The molecule has 2 heterocycles. The first-order valence-corrected chi connectivity index (χ1v) is 10.5. The first-order valence-electron chi connectivity index (χ1n) is 9.49. The molecule has 0 aromatic heterocycles. The van der Waals surface area contributed by atoms with E-state index in [-0.39, 0.29) is 41.7 Å². The molecule has 0 spiro atoms. The Morgan fingerprint density at radius 3 is 2.10 bits per heavy atom. The maximum Gasteiger partial charge on any atom is 1.00 e. The van der Waals surface area contributed by atoms with Crippen LogP contribution in [0.15, 0.2) is 0 Å². The zero-order valence-electron chi connectivity index (χ0n) is 17.5. The van der Waals surface area contributed by atoms with Gasteiger partial charge in [-0.2, -0.15) is 0 Å². The van der Waals surface area contributed by atoms with Crippen molar-refractivity contribution in [2.45, 2.75) is 80.0 Å². The van der Waals surface area contributed by atoms with Crippen LogP contribution in [-0.2, 0) is 23.7 Å². The summed E-state index contributed by atoms with van der Waals surface area (Å²) in [6, 6.07) is 0. The summed E-state index contributed by atoms with van der Waals surface area (Å²) in [6.45, 7) is 1.03. The number of carboxylic acid groups (broad SMARTS) is 1. The predicted molar refractivity (Wildman–Crippen MR) is 97.9 cm³/mol. The number of rotatable bonds is 9. The first kappa shape index (κ1) is 29.5. The van der Waals surface area contributed by atoms with Crippen LogP contribution in [0.2, 0.25) is 0 Å². The van der Waals surface area contributed by atoms with Crippen molar-refractivity contribution in [1.82, 2.24) is 0 Å². The minimum absolute atomic E-state index is 0. The third kappa shape index (κ3) is 6.96. The van der Waals surface area contributed by atoms with Gasteiger partial charge in [-0.3, -0.25) is 0 Å². The minimum atomic E-state index is -1.73. The van der Waals surface area contributed by atoms with Crippen LogP contribution in [0.4, 0.5) is 0 Å². The Morgan fingerprint density at radius 2 is 1.58 bits per heavy atom. The fourth-order valence-corrected chi connectivity index (χ4v) is 4.37. The zero-order valence-corrected chi connectivity index (χ0v) is 20.3. The van der Waals surface area contributed by atoms with Gasteiger partial charge in [-0.05, 0) is 6.42 Å². The summed E-state index contributed by atoms with van der Waals surface area (Å²) in [4.78, 5) is 11.1. The number of ether oxygens (including phenoxy) is 4. The third-order valence-corrected chi connectivity index (χ3v) is 6.56. The number of carboxylic acids is 1. The Kier molecular flexibility index (Phi) is 12.7. The number of thioether (sulfide) groups is 1. The normalized spacial score (nSPS) is 41.9. The average Bonchev–Trinajstić information content (AvgIpc) is 2.72. The van der Waals surface area contributed by atoms with Crippen molar-refractivity contribution >= 4 is 17.7 Å². The van der Waals surface area contributed by atoms with Crippen molar-refractivity contribution < 1.29 is 89.0 Å². The molecule has 14 heteroatoms. The van der Waals surface area contributed by atoms with E-state index in [4.69, 9.17) is 18.9 Å². The van der Waals surface area contributed by atoms with Crippen LogP contribution in [0, 0.1) is 0 Å². The zero-order chi connectivity index (χ0) is 22.6. The molecular formula is C17H29NaO12S. The largest absolute Gasteiger partial charge is 1.00 e. The van der Waals surface area contributed by atoms with Crippen molar-refractivity contribution in [1.29, 1.82) is 0 Å². The Bertz CT molecular complexity index is 557. The molecule has 0 aromatic carbocycles. The number of aliphatic hydroxyl groups is 6. The van der Waals surface area contributed by atoms with Crippen LogP contribution in [0.3, 0.4) is 0 Å². The van der Waals surface area contributed by atoms with Crippen LogP contribution in [0.1, 0.15) is 13.3 Å². The molecule has 12 nitrogen and oxygen atoms in total. The fraction of sp³-hybridized carbons (Fsp3) is 0.941. The number of aliphatic carboxylic acids is 1. The van der Waals surface area contributed by atoms with Gasteiger partial charge in [0.25, 0.3) is 0 Å². The van der Waals surface area contributed by atoms with E-state index in [0.717, 1.165) is 11.8 Å². The second kappa shape index (κ2) is 13.3. The van der Waals surface area contributed by atoms with Crippen molar-refractivity contribution in [3.63, 3.8) is 0 Å². The van der Waals surface area contributed by atoms with E-state index < -0.39 is 79.2 Å². The van der Waals surface area contributed by atoms with Crippen molar-refractivity contribution in [2.24, 2.45) is 0 Å². The number of carbonyl (C=O) groups excluding carboxylic acids is 1. The molecule has 0 bridgehead atoms. The van der Waals surface area contributed by atoms with Crippen LogP contribution in [-0.4, -0.2) is 123 Å². The summed E-state index contributed by atoms with van der Waals surface area (Å²) in [5.74, 6) is -1.34. The molecule has 2 fully saturated rings. The van der Waals surface area contributed by atoms with Gasteiger partial charge in [0.15, 0.2) is 12.6 Å². The van der Waals surface area contributed by atoms with Gasteiger partial charge in [-0.1, -0.05) is 6.92 Å². The molecule has 31 heavy (non-hydrogen) atoms. The number of hydrogen-bond acceptors (Lipinski definition) is 13. The van der Waals surface area contributed by atoms with Crippen molar-refractivity contribution in [3.8, 4) is 0 Å². The van der Waals surface area contributed by atoms with E-state index in [2.05, 4.69) is 0 Å². The van der Waals surface area contributed by atoms with E-state index in [0.29, 0.717) is 0 Å². The van der Waals surface area contributed by atoms with Crippen LogP contribution in [0.25, 0.3) is 0 Å². The molecule has 0 amide bonds. The van der Waals surface area contributed by atoms with Crippen LogP contribution in [0.5, 0.6) is 0 Å². The van der Waals surface area contributed by atoms with Gasteiger partial charge in [0.05, 0.1) is 18.7 Å². The molecule has 2 aliphatic heterocycles. The topological polar surface area (TPSA) is 198 Å². The molecule has 1 unspecified atom stereocenters. The van der Waals surface area contributed by atoms with Crippen LogP contribution < -0.4 is 34.7 Å². The molecule has 176 valence electrons.